The number of fused-ring (bicyclic) bond motifs is 2. The van der Waals surface area contributed by atoms with E-state index in [0.29, 0.717) is 24.6 Å². The van der Waals surface area contributed by atoms with Crippen molar-refractivity contribution in [2.75, 3.05) is 11.9 Å². The molecule has 5 nitrogen and oxygen atoms in total. The van der Waals surface area contributed by atoms with Crippen molar-refractivity contribution in [2.24, 2.45) is 5.92 Å². The van der Waals surface area contributed by atoms with Gasteiger partial charge in [-0.25, -0.2) is 4.98 Å². The molecule has 0 saturated carbocycles. The lowest BCUT2D eigenvalue weighted by molar-refractivity contribution is -0.116. The summed E-state index contributed by atoms with van der Waals surface area (Å²) in [6, 6.07) is 8.03. The van der Waals surface area contributed by atoms with E-state index >= 15 is 0 Å². The Labute approximate surface area is 140 Å². The van der Waals surface area contributed by atoms with Gasteiger partial charge in [0, 0.05) is 24.8 Å². The molecule has 0 radical (unpaired) electrons. The Morgan fingerprint density at radius 1 is 1.21 bits per heavy atom. The summed E-state index contributed by atoms with van der Waals surface area (Å²) in [6.45, 7) is 0.238. The lowest BCUT2D eigenvalue weighted by atomic mass is 9.84. The lowest BCUT2D eigenvalue weighted by Crippen LogP contribution is -2.20. The molecule has 1 amide bonds. The highest BCUT2D eigenvalue weighted by molar-refractivity contribution is 5.93. The maximum Gasteiger partial charge on any atom is 0.225 e. The number of hydrogen-bond acceptors (Lipinski definition) is 4. The van der Waals surface area contributed by atoms with E-state index in [0.717, 1.165) is 36.3 Å². The van der Waals surface area contributed by atoms with E-state index in [9.17, 15) is 9.90 Å². The van der Waals surface area contributed by atoms with Gasteiger partial charge in [-0.3, -0.25) is 4.79 Å². The third kappa shape index (κ3) is 2.87. The number of aromatic nitrogens is 1. The van der Waals surface area contributed by atoms with Crippen LogP contribution in [0.2, 0.25) is 0 Å². The molecule has 0 spiro atoms. The second-order valence-corrected chi connectivity index (χ2v) is 6.51. The van der Waals surface area contributed by atoms with Crippen LogP contribution in [0.1, 0.15) is 29.5 Å². The molecule has 1 atom stereocenters. The van der Waals surface area contributed by atoms with Gasteiger partial charge in [0.05, 0.1) is 0 Å². The van der Waals surface area contributed by atoms with Crippen LogP contribution in [0.15, 0.2) is 30.5 Å². The van der Waals surface area contributed by atoms with E-state index < -0.39 is 0 Å². The molecule has 1 aromatic carbocycles. The van der Waals surface area contributed by atoms with Crippen molar-refractivity contribution in [1.82, 2.24) is 4.98 Å². The van der Waals surface area contributed by atoms with E-state index in [1.54, 1.807) is 6.20 Å². The van der Waals surface area contributed by atoms with E-state index in [1.807, 2.05) is 12.1 Å². The molecule has 1 unspecified atom stereocenters. The van der Waals surface area contributed by atoms with Crippen LogP contribution in [-0.2, 0) is 24.1 Å². The van der Waals surface area contributed by atoms with Crippen LogP contribution in [-0.4, -0.2) is 22.6 Å². The number of pyridine rings is 1. The molecule has 0 saturated heterocycles. The highest BCUT2D eigenvalue weighted by Crippen LogP contribution is 2.34. The fourth-order valence-corrected chi connectivity index (χ4v) is 3.51. The van der Waals surface area contributed by atoms with Crippen molar-refractivity contribution in [1.29, 1.82) is 0 Å². The normalized spacial score (nSPS) is 19.2. The number of amides is 1. The quantitative estimate of drug-likeness (QED) is 0.911. The molecule has 2 N–H and O–H groups in total. The van der Waals surface area contributed by atoms with Crippen LogP contribution < -0.4 is 10.1 Å². The van der Waals surface area contributed by atoms with Gasteiger partial charge in [-0.1, -0.05) is 6.07 Å². The maximum atomic E-state index is 11.5. The summed E-state index contributed by atoms with van der Waals surface area (Å²) >= 11 is 0. The van der Waals surface area contributed by atoms with Gasteiger partial charge in [-0.2, -0.15) is 0 Å². The zero-order valence-corrected chi connectivity index (χ0v) is 13.4. The Bertz CT molecular complexity index is 788. The lowest BCUT2D eigenvalue weighted by Gasteiger charge is -2.24. The topological polar surface area (TPSA) is 71.5 Å². The average Bonchev–Trinajstić information content (AvgIpc) is 2.61. The predicted molar refractivity (Wildman–Crippen MR) is 90.3 cm³/mol. The third-order valence-electron chi connectivity index (χ3n) is 4.87. The van der Waals surface area contributed by atoms with Crippen molar-refractivity contribution < 1.29 is 14.6 Å². The first-order valence-corrected chi connectivity index (χ1v) is 8.41. The monoisotopic (exact) mass is 324 g/mol. The highest BCUT2D eigenvalue weighted by Gasteiger charge is 2.21. The zero-order chi connectivity index (χ0) is 16.5. The minimum absolute atomic E-state index is 0.00373. The first-order chi connectivity index (χ1) is 11.7. The Balaban J connectivity index is 1.60. The highest BCUT2D eigenvalue weighted by atomic mass is 16.5. The Hall–Kier alpha value is -2.40. The standard InChI is InChI=1S/C19H20N2O3/c22-11-12-1-2-13-3-4-15(10-14(13)9-12)24-17-7-8-20-19-16(17)5-6-18(23)21-19/h3-4,7-8,10,12,22H,1-2,5-6,9,11H2,(H,20,21,23). The van der Waals surface area contributed by atoms with Crippen LogP contribution in [0.25, 0.3) is 0 Å². The number of aryl methyl sites for hydroxylation is 1. The summed E-state index contributed by atoms with van der Waals surface area (Å²) in [7, 11) is 0. The summed E-state index contributed by atoms with van der Waals surface area (Å²) in [5.74, 6) is 2.47. The van der Waals surface area contributed by atoms with Gasteiger partial charge in [0.1, 0.15) is 17.3 Å². The molecule has 1 aliphatic heterocycles. The number of nitrogens with zero attached hydrogens (tertiary/aromatic N) is 1. The molecule has 1 aliphatic carbocycles. The number of anilines is 1. The molecule has 0 fully saturated rings. The molecule has 124 valence electrons. The Morgan fingerprint density at radius 2 is 2.12 bits per heavy atom. The summed E-state index contributed by atoms with van der Waals surface area (Å²) in [5, 5.41) is 12.2. The SMILES string of the molecule is O=C1CCc2c(Oc3ccc4c(c3)CC(CO)CC4)ccnc2N1. The van der Waals surface area contributed by atoms with E-state index in [2.05, 4.69) is 22.4 Å². The largest absolute Gasteiger partial charge is 0.457 e. The van der Waals surface area contributed by atoms with Gasteiger partial charge < -0.3 is 15.2 Å². The number of aliphatic hydroxyl groups excluding tert-OH is 1. The smallest absolute Gasteiger partial charge is 0.225 e. The fraction of sp³-hybridized carbons (Fsp3) is 0.368. The second-order valence-electron chi connectivity index (χ2n) is 6.51. The Kier molecular flexibility index (Phi) is 3.94. The van der Waals surface area contributed by atoms with Crippen LogP contribution in [0.5, 0.6) is 11.5 Å². The van der Waals surface area contributed by atoms with Crippen molar-refractivity contribution in [3.63, 3.8) is 0 Å². The first kappa shape index (κ1) is 15.1. The number of hydrogen-bond donors (Lipinski definition) is 2. The van der Waals surface area contributed by atoms with Gasteiger partial charge in [0.15, 0.2) is 0 Å². The van der Waals surface area contributed by atoms with Crippen LogP contribution in [0.3, 0.4) is 0 Å². The van der Waals surface area contributed by atoms with Crippen LogP contribution in [0.4, 0.5) is 5.82 Å². The van der Waals surface area contributed by atoms with Gasteiger partial charge in [0.2, 0.25) is 5.91 Å². The first-order valence-electron chi connectivity index (χ1n) is 8.41. The Morgan fingerprint density at radius 3 is 3.00 bits per heavy atom. The number of nitrogens with one attached hydrogen (secondary N) is 1. The van der Waals surface area contributed by atoms with Crippen LogP contribution >= 0.6 is 0 Å². The molecule has 4 rings (SSSR count). The maximum absolute atomic E-state index is 11.5. The van der Waals surface area contributed by atoms with E-state index in [4.69, 9.17) is 4.74 Å². The molecule has 24 heavy (non-hydrogen) atoms. The van der Waals surface area contributed by atoms with Gasteiger partial charge in [0.25, 0.3) is 0 Å². The molecular formula is C19H20N2O3. The number of aliphatic hydroxyl groups is 1. The van der Waals surface area contributed by atoms with Crippen LogP contribution in [0, 0.1) is 5.92 Å². The zero-order valence-electron chi connectivity index (χ0n) is 13.4. The molecule has 5 heteroatoms. The predicted octanol–water partition coefficient (Wildman–Crippen LogP) is 2.86. The van der Waals surface area contributed by atoms with Crippen molar-refractivity contribution in [3.05, 3.63) is 47.2 Å². The average molecular weight is 324 g/mol. The molecule has 0 bridgehead atoms. The summed E-state index contributed by atoms with van der Waals surface area (Å²) in [6.07, 6.45) is 5.70. The summed E-state index contributed by atoms with van der Waals surface area (Å²) in [4.78, 5) is 15.7. The van der Waals surface area contributed by atoms with Crippen molar-refractivity contribution in [2.45, 2.75) is 32.1 Å². The summed E-state index contributed by atoms with van der Waals surface area (Å²) in [5.41, 5.74) is 3.55. The third-order valence-corrected chi connectivity index (χ3v) is 4.87. The fourth-order valence-electron chi connectivity index (χ4n) is 3.51. The van der Waals surface area contributed by atoms with Gasteiger partial charge in [-0.05, 0) is 60.9 Å². The molecule has 2 heterocycles. The number of benzene rings is 1. The number of carbonyl (C=O) groups is 1. The van der Waals surface area contributed by atoms with Crippen molar-refractivity contribution in [3.8, 4) is 11.5 Å². The second kappa shape index (κ2) is 6.24. The molecule has 1 aromatic heterocycles. The van der Waals surface area contributed by atoms with Crippen molar-refractivity contribution >= 4 is 11.7 Å². The summed E-state index contributed by atoms with van der Waals surface area (Å²) < 4.78 is 6.09. The molecular weight excluding hydrogens is 304 g/mol. The van der Waals surface area contributed by atoms with E-state index in [-0.39, 0.29) is 12.5 Å². The number of carbonyl (C=O) groups excluding carboxylic acids is 1. The molecule has 2 aromatic rings. The number of ether oxygens (including phenoxy) is 1. The number of rotatable bonds is 3. The molecule has 2 aliphatic rings. The van der Waals surface area contributed by atoms with Gasteiger partial charge >= 0.3 is 0 Å². The minimum atomic E-state index is -0.00373. The van der Waals surface area contributed by atoms with E-state index in [1.165, 1.54) is 11.1 Å². The van der Waals surface area contributed by atoms with Gasteiger partial charge in [-0.15, -0.1) is 0 Å². The minimum Gasteiger partial charge on any atom is -0.457 e.